The second-order valence-electron chi connectivity index (χ2n) is 5.12. The molecule has 0 aliphatic rings. The Labute approximate surface area is 130 Å². The van der Waals surface area contributed by atoms with Crippen molar-refractivity contribution in [1.29, 1.82) is 5.26 Å². The molecule has 0 amide bonds. The average molecular weight is 307 g/mol. The van der Waals surface area contributed by atoms with Crippen LogP contribution in [0.5, 0.6) is 0 Å². The molecule has 0 heterocycles. The number of hydrogen-bond donors (Lipinski definition) is 1. The predicted octanol–water partition coefficient (Wildman–Crippen LogP) is 3.81. The van der Waals surface area contributed by atoms with Gasteiger partial charge >= 0.3 is 5.97 Å². The van der Waals surface area contributed by atoms with Crippen LogP contribution in [-0.2, 0) is 4.79 Å². The van der Waals surface area contributed by atoms with Crippen LogP contribution in [-0.4, -0.2) is 24.2 Å². The van der Waals surface area contributed by atoms with Gasteiger partial charge in [0.1, 0.15) is 0 Å². The van der Waals surface area contributed by atoms with Gasteiger partial charge in [-0.25, -0.2) is 4.79 Å². The molecule has 0 unspecified atom stereocenters. The molecule has 0 spiro atoms. The van der Waals surface area contributed by atoms with E-state index in [0.29, 0.717) is 23.9 Å². The van der Waals surface area contributed by atoms with Crippen molar-refractivity contribution in [1.82, 2.24) is 0 Å². The quantitative estimate of drug-likeness (QED) is 0.778. The Hall–Kier alpha value is -1.99. The normalized spacial score (nSPS) is 10.8. The summed E-state index contributed by atoms with van der Waals surface area (Å²) >= 11 is 6.06. The number of rotatable bonds is 7. The van der Waals surface area contributed by atoms with E-state index < -0.39 is 5.97 Å². The lowest BCUT2D eigenvalue weighted by Gasteiger charge is -2.27. The molecule has 1 aromatic rings. The summed E-state index contributed by atoms with van der Waals surface area (Å²) in [6.07, 6.45) is 3.06. The minimum absolute atomic E-state index is 0.404. The van der Waals surface area contributed by atoms with Gasteiger partial charge in [0.2, 0.25) is 0 Å². The summed E-state index contributed by atoms with van der Waals surface area (Å²) in [5.74, 6) is -0.581. The number of anilines is 1. The molecule has 0 aliphatic heterocycles. The van der Waals surface area contributed by atoms with Crippen LogP contribution in [0.25, 0.3) is 6.08 Å². The summed E-state index contributed by atoms with van der Waals surface area (Å²) in [6.45, 7) is 5.55. The Kier molecular flexibility index (Phi) is 6.77. The molecule has 0 saturated carbocycles. The summed E-state index contributed by atoms with van der Waals surface area (Å²) in [5.41, 5.74) is 1.63. The number of nitrogens with zero attached hydrogens (tertiary/aromatic N) is 2. The molecule has 0 aliphatic carbocycles. The van der Waals surface area contributed by atoms with E-state index in [-0.39, 0.29) is 0 Å². The molecule has 112 valence electrons. The molecule has 5 heteroatoms. The van der Waals surface area contributed by atoms with Gasteiger partial charge in [0, 0.05) is 29.9 Å². The Balaban J connectivity index is 3.17. The van der Waals surface area contributed by atoms with Gasteiger partial charge in [-0.05, 0) is 29.7 Å². The Morgan fingerprint density at radius 2 is 2.24 bits per heavy atom. The molecule has 0 radical (unpaired) electrons. The molecule has 0 atom stereocenters. The SMILES string of the molecule is CC(C)CN(CCC#N)c1cc(Cl)ccc1/C=C/C(=O)O. The van der Waals surface area contributed by atoms with Gasteiger partial charge in [-0.15, -0.1) is 0 Å². The number of carboxylic acids is 1. The number of carbonyl (C=O) groups is 1. The maximum atomic E-state index is 10.7. The Bertz CT molecular complexity index is 562. The molecule has 1 rings (SSSR count). The first kappa shape index (κ1) is 17.1. The molecular formula is C16H19ClN2O2. The fourth-order valence-electron chi connectivity index (χ4n) is 2.03. The fourth-order valence-corrected chi connectivity index (χ4v) is 2.19. The number of halogens is 1. The van der Waals surface area contributed by atoms with E-state index in [4.69, 9.17) is 22.0 Å². The van der Waals surface area contributed by atoms with Crippen molar-refractivity contribution < 1.29 is 9.90 Å². The zero-order valence-corrected chi connectivity index (χ0v) is 13.0. The number of aliphatic carboxylic acids is 1. The van der Waals surface area contributed by atoms with Crippen molar-refractivity contribution in [2.75, 3.05) is 18.0 Å². The highest BCUT2D eigenvalue weighted by Crippen LogP contribution is 2.27. The van der Waals surface area contributed by atoms with Crippen LogP contribution >= 0.6 is 11.6 Å². The lowest BCUT2D eigenvalue weighted by Crippen LogP contribution is -2.29. The molecular weight excluding hydrogens is 288 g/mol. The van der Waals surface area contributed by atoms with Crippen molar-refractivity contribution in [2.24, 2.45) is 5.92 Å². The van der Waals surface area contributed by atoms with E-state index in [1.54, 1.807) is 18.2 Å². The maximum absolute atomic E-state index is 10.7. The van der Waals surface area contributed by atoms with Gasteiger partial charge in [0.25, 0.3) is 0 Å². The third-order valence-electron chi connectivity index (χ3n) is 2.82. The molecule has 0 fully saturated rings. The van der Waals surface area contributed by atoms with Crippen molar-refractivity contribution in [3.63, 3.8) is 0 Å². The number of nitriles is 1. The number of benzene rings is 1. The van der Waals surface area contributed by atoms with Crippen LogP contribution in [0.2, 0.25) is 5.02 Å². The van der Waals surface area contributed by atoms with E-state index in [2.05, 4.69) is 24.8 Å². The third kappa shape index (κ3) is 5.88. The van der Waals surface area contributed by atoms with Gasteiger partial charge in [0.15, 0.2) is 0 Å². The zero-order chi connectivity index (χ0) is 15.8. The van der Waals surface area contributed by atoms with Crippen LogP contribution in [0.4, 0.5) is 5.69 Å². The minimum atomic E-state index is -0.997. The zero-order valence-electron chi connectivity index (χ0n) is 12.2. The van der Waals surface area contributed by atoms with Crippen LogP contribution in [0, 0.1) is 17.2 Å². The first-order chi connectivity index (χ1) is 9.93. The van der Waals surface area contributed by atoms with Crippen LogP contribution < -0.4 is 4.90 Å². The maximum Gasteiger partial charge on any atom is 0.328 e. The molecule has 4 nitrogen and oxygen atoms in total. The van der Waals surface area contributed by atoms with E-state index in [0.717, 1.165) is 23.9 Å². The van der Waals surface area contributed by atoms with E-state index in [1.165, 1.54) is 0 Å². The smallest absolute Gasteiger partial charge is 0.328 e. The van der Waals surface area contributed by atoms with Crippen LogP contribution in [0.15, 0.2) is 24.3 Å². The summed E-state index contributed by atoms with van der Waals surface area (Å²) in [7, 11) is 0. The monoisotopic (exact) mass is 306 g/mol. The van der Waals surface area contributed by atoms with Gasteiger partial charge in [-0.3, -0.25) is 0 Å². The summed E-state index contributed by atoms with van der Waals surface area (Å²) in [4.78, 5) is 12.8. The first-order valence-corrected chi connectivity index (χ1v) is 7.14. The minimum Gasteiger partial charge on any atom is -0.478 e. The molecule has 1 aromatic carbocycles. The number of hydrogen-bond acceptors (Lipinski definition) is 3. The highest BCUT2D eigenvalue weighted by atomic mass is 35.5. The molecule has 1 N–H and O–H groups in total. The lowest BCUT2D eigenvalue weighted by molar-refractivity contribution is -0.131. The van der Waals surface area contributed by atoms with E-state index in [9.17, 15) is 4.79 Å². The van der Waals surface area contributed by atoms with Gasteiger partial charge < -0.3 is 10.0 Å². The number of carboxylic acid groups (broad SMARTS) is 1. The van der Waals surface area contributed by atoms with Crippen molar-refractivity contribution in [3.05, 3.63) is 34.9 Å². The van der Waals surface area contributed by atoms with Crippen LogP contribution in [0.3, 0.4) is 0 Å². The third-order valence-corrected chi connectivity index (χ3v) is 3.05. The van der Waals surface area contributed by atoms with Gasteiger partial charge in [-0.2, -0.15) is 5.26 Å². The van der Waals surface area contributed by atoms with Gasteiger partial charge in [0.05, 0.1) is 12.5 Å². The molecule has 0 saturated heterocycles. The highest BCUT2D eigenvalue weighted by molar-refractivity contribution is 6.31. The second kappa shape index (κ2) is 8.33. The van der Waals surface area contributed by atoms with Gasteiger partial charge in [-0.1, -0.05) is 31.5 Å². The Morgan fingerprint density at radius 3 is 2.81 bits per heavy atom. The Morgan fingerprint density at radius 1 is 1.52 bits per heavy atom. The van der Waals surface area contributed by atoms with Crippen LogP contribution in [0.1, 0.15) is 25.8 Å². The molecule has 0 bridgehead atoms. The summed E-state index contributed by atoms with van der Waals surface area (Å²) in [6, 6.07) is 7.46. The van der Waals surface area contributed by atoms with Crippen molar-refractivity contribution in [3.8, 4) is 6.07 Å². The average Bonchev–Trinajstić information content (AvgIpc) is 2.41. The van der Waals surface area contributed by atoms with E-state index in [1.807, 2.05) is 6.07 Å². The fraction of sp³-hybridized carbons (Fsp3) is 0.375. The lowest BCUT2D eigenvalue weighted by atomic mass is 10.1. The standard InChI is InChI=1S/C16H19ClN2O2/c1-12(2)11-19(9-3-8-18)15-10-14(17)6-4-13(15)5-7-16(20)21/h4-7,10,12H,3,9,11H2,1-2H3,(H,20,21)/b7-5+. The molecule has 0 aromatic heterocycles. The largest absolute Gasteiger partial charge is 0.478 e. The van der Waals surface area contributed by atoms with Crippen molar-refractivity contribution in [2.45, 2.75) is 20.3 Å². The summed E-state index contributed by atoms with van der Waals surface area (Å²) < 4.78 is 0. The topological polar surface area (TPSA) is 64.3 Å². The van der Waals surface area contributed by atoms with Crippen molar-refractivity contribution >= 4 is 29.3 Å². The second-order valence-corrected chi connectivity index (χ2v) is 5.56. The summed E-state index contributed by atoms with van der Waals surface area (Å²) in [5, 5.41) is 18.2. The first-order valence-electron chi connectivity index (χ1n) is 6.76. The predicted molar refractivity (Wildman–Crippen MR) is 85.4 cm³/mol. The molecule has 21 heavy (non-hydrogen) atoms. The highest BCUT2D eigenvalue weighted by Gasteiger charge is 2.12. The van der Waals surface area contributed by atoms with E-state index >= 15 is 0 Å².